The highest BCUT2D eigenvalue weighted by Gasteiger charge is 2.08. The summed E-state index contributed by atoms with van der Waals surface area (Å²) in [6.45, 7) is 2.44. The van der Waals surface area contributed by atoms with Crippen LogP contribution in [0, 0.1) is 5.82 Å². The zero-order chi connectivity index (χ0) is 15.2. The molecule has 3 nitrogen and oxygen atoms in total. The van der Waals surface area contributed by atoms with Crippen LogP contribution in [0.1, 0.15) is 18.1 Å². The van der Waals surface area contributed by atoms with Gasteiger partial charge in [0.05, 0.1) is 6.61 Å². The molecule has 2 aromatic carbocycles. The second kappa shape index (κ2) is 6.70. The summed E-state index contributed by atoms with van der Waals surface area (Å²) in [5, 5.41) is 9.02. The number of carbonyl (C=O) groups is 1. The van der Waals surface area contributed by atoms with Gasteiger partial charge in [0.15, 0.2) is 0 Å². The minimum Gasteiger partial charge on any atom is -0.494 e. The van der Waals surface area contributed by atoms with E-state index < -0.39 is 11.8 Å². The molecule has 1 N–H and O–H groups in total. The van der Waals surface area contributed by atoms with Gasteiger partial charge < -0.3 is 9.84 Å². The van der Waals surface area contributed by atoms with Crippen LogP contribution in [-0.4, -0.2) is 17.7 Å². The summed E-state index contributed by atoms with van der Waals surface area (Å²) in [5.41, 5.74) is 1.65. The molecule has 0 saturated carbocycles. The number of benzene rings is 2. The van der Waals surface area contributed by atoms with Crippen LogP contribution in [0.2, 0.25) is 0 Å². The van der Waals surface area contributed by atoms with E-state index in [2.05, 4.69) is 0 Å². The van der Waals surface area contributed by atoms with Crippen molar-refractivity contribution >= 4 is 11.5 Å². The molecule has 2 aromatic rings. The van der Waals surface area contributed by atoms with Crippen LogP contribution in [0.5, 0.6) is 5.75 Å². The molecule has 0 radical (unpaired) electrons. The van der Waals surface area contributed by atoms with Crippen molar-refractivity contribution in [2.45, 2.75) is 6.92 Å². The average molecular weight is 286 g/mol. The van der Waals surface area contributed by atoms with Crippen molar-refractivity contribution in [2.24, 2.45) is 0 Å². The molecule has 0 fully saturated rings. The molecule has 0 amide bonds. The lowest BCUT2D eigenvalue weighted by molar-refractivity contribution is -0.131. The van der Waals surface area contributed by atoms with E-state index in [1.54, 1.807) is 36.4 Å². The number of ether oxygens (including phenoxy) is 1. The maximum Gasteiger partial charge on any atom is 0.328 e. The maximum absolute atomic E-state index is 13.4. The molecule has 108 valence electrons. The first kappa shape index (κ1) is 14.8. The molecule has 0 heterocycles. The Labute approximate surface area is 122 Å². The van der Waals surface area contributed by atoms with Crippen molar-refractivity contribution in [2.75, 3.05) is 6.61 Å². The Hall–Kier alpha value is -2.62. The number of aliphatic carboxylic acids is 1. The quantitative estimate of drug-likeness (QED) is 0.852. The fourth-order valence-corrected chi connectivity index (χ4v) is 2.01. The predicted octanol–water partition coefficient (Wildman–Crippen LogP) is 3.74. The van der Waals surface area contributed by atoms with Crippen molar-refractivity contribution in [3.63, 3.8) is 0 Å². The first-order valence-electron chi connectivity index (χ1n) is 6.54. The van der Waals surface area contributed by atoms with E-state index in [4.69, 9.17) is 9.84 Å². The number of rotatable bonds is 5. The average Bonchev–Trinajstić information content (AvgIpc) is 2.46. The summed E-state index contributed by atoms with van der Waals surface area (Å²) in [5.74, 6) is -0.784. The Kier molecular flexibility index (Phi) is 4.72. The number of carboxylic acids is 1. The number of carboxylic acid groups (broad SMARTS) is 1. The Morgan fingerprint density at radius 1 is 1.19 bits per heavy atom. The van der Waals surface area contributed by atoms with E-state index in [1.165, 1.54) is 12.1 Å². The fourth-order valence-electron chi connectivity index (χ4n) is 2.01. The minimum absolute atomic E-state index is 0.408. The highest BCUT2D eigenvalue weighted by Crippen LogP contribution is 2.25. The van der Waals surface area contributed by atoms with Gasteiger partial charge in [-0.2, -0.15) is 0 Å². The van der Waals surface area contributed by atoms with Crippen LogP contribution >= 0.6 is 0 Å². The Morgan fingerprint density at radius 3 is 2.48 bits per heavy atom. The summed E-state index contributed by atoms with van der Waals surface area (Å²) < 4.78 is 18.7. The SMILES string of the molecule is CCOc1ccc(/C(=C/C(=O)O)c2cccc(F)c2)cc1. The first-order chi connectivity index (χ1) is 10.1. The van der Waals surface area contributed by atoms with E-state index in [0.29, 0.717) is 29.1 Å². The first-order valence-corrected chi connectivity index (χ1v) is 6.54. The van der Waals surface area contributed by atoms with E-state index >= 15 is 0 Å². The maximum atomic E-state index is 13.4. The molecular formula is C17H15FO3. The molecule has 2 rings (SSSR count). The highest BCUT2D eigenvalue weighted by atomic mass is 19.1. The third kappa shape index (κ3) is 3.92. The predicted molar refractivity (Wildman–Crippen MR) is 78.7 cm³/mol. The van der Waals surface area contributed by atoms with Gasteiger partial charge in [0.1, 0.15) is 11.6 Å². The molecular weight excluding hydrogens is 271 g/mol. The summed E-state index contributed by atoms with van der Waals surface area (Å²) in [7, 11) is 0. The largest absolute Gasteiger partial charge is 0.494 e. The lowest BCUT2D eigenvalue weighted by Crippen LogP contribution is -1.96. The summed E-state index contributed by atoms with van der Waals surface area (Å²) in [6, 6.07) is 12.9. The van der Waals surface area contributed by atoms with Crippen LogP contribution < -0.4 is 4.74 Å². The lowest BCUT2D eigenvalue weighted by Gasteiger charge is -2.09. The smallest absolute Gasteiger partial charge is 0.328 e. The molecule has 0 aromatic heterocycles. The summed E-state index contributed by atoms with van der Waals surface area (Å²) in [6.07, 6.45) is 1.07. The molecule has 0 atom stereocenters. The van der Waals surface area contributed by atoms with Gasteiger partial charge >= 0.3 is 5.97 Å². The van der Waals surface area contributed by atoms with Gasteiger partial charge in [-0.15, -0.1) is 0 Å². The topological polar surface area (TPSA) is 46.5 Å². The van der Waals surface area contributed by atoms with Gasteiger partial charge in [0.25, 0.3) is 0 Å². The van der Waals surface area contributed by atoms with Crippen LogP contribution in [0.4, 0.5) is 4.39 Å². The Bertz CT molecular complexity index is 660. The molecule has 0 aliphatic carbocycles. The van der Waals surface area contributed by atoms with Crippen LogP contribution in [0.25, 0.3) is 5.57 Å². The van der Waals surface area contributed by atoms with Crippen LogP contribution in [0.15, 0.2) is 54.6 Å². The second-order valence-corrected chi connectivity index (χ2v) is 4.36. The molecule has 0 saturated heterocycles. The zero-order valence-electron chi connectivity index (χ0n) is 11.5. The lowest BCUT2D eigenvalue weighted by atomic mass is 9.97. The van der Waals surface area contributed by atoms with Crippen molar-refractivity contribution in [3.05, 3.63) is 71.6 Å². The molecule has 0 spiro atoms. The molecule has 0 bridgehead atoms. The monoisotopic (exact) mass is 286 g/mol. The van der Waals surface area contributed by atoms with Gasteiger partial charge in [-0.3, -0.25) is 0 Å². The van der Waals surface area contributed by atoms with E-state index in [1.807, 2.05) is 6.92 Å². The molecule has 0 aliphatic rings. The number of hydrogen-bond donors (Lipinski definition) is 1. The summed E-state index contributed by atoms with van der Waals surface area (Å²) >= 11 is 0. The van der Waals surface area contributed by atoms with Crippen molar-refractivity contribution in [3.8, 4) is 5.75 Å². The number of halogens is 1. The fraction of sp³-hybridized carbons (Fsp3) is 0.118. The minimum atomic E-state index is -1.08. The molecule has 0 unspecified atom stereocenters. The van der Waals surface area contributed by atoms with Gasteiger partial charge in [0, 0.05) is 6.08 Å². The van der Waals surface area contributed by atoms with Crippen molar-refractivity contribution in [1.82, 2.24) is 0 Å². The van der Waals surface area contributed by atoms with Gasteiger partial charge in [-0.25, -0.2) is 9.18 Å². The van der Waals surface area contributed by atoms with Crippen LogP contribution in [-0.2, 0) is 4.79 Å². The summed E-state index contributed by atoms with van der Waals surface area (Å²) in [4.78, 5) is 11.0. The standard InChI is InChI=1S/C17H15FO3/c1-2-21-15-8-6-12(7-9-15)16(11-17(19)20)13-4-3-5-14(18)10-13/h3-11H,2H2,1H3,(H,19,20)/b16-11-. The van der Waals surface area contributed by atoms with Crippen molar-refractivity contribution < 1.29 is 19.0 Å². The van der Waals surface area contributed by atoms with Gasteiger partial charge in [-0.05, 0) is 47.9 Å². The second-order valence-electron chi connectivity index (χ2n) is 4.36. The third-order valence-electron chi connectivity index (χ3n) is 2.88. The molecule has 21 heavy (non-hydrogen) atoms. The van der Waals surface area contributed by atoms with Gasteiger partial charge in [-0.1, -0.05) is 24.3 Å². The Balaban J connectivity index is 2.44. The highest BCUT2D eigenvalue weighted by molar-refractivity contribution is 5.95. The van der Waals surface area contributed by atoms with Gasteiger partial charge in [0.2, 0.25) is 0 Å². The molecule has 0 aliphatic heterocycles. The van der Waals surface area contributed by atoms with Crippen LogP contribution in [0.3, 0.4) is 0 Å². The number of hydrogen-bond acceptors (Lipinski definition) is 2. The molecule has 4 heteroatoms. The Morgan fingerprint density at radius 2 is 1.90 bits per heavy atom. The normalized spacial score (nSPS) is 11.2. The van der Waals surface area contributed by atoms with Crippen molar-refractivity contribution in [1.29, 1.82) is 0 Å². The third-order valence-corrected chi connectivity index (χ3v) is 2.88. The van der Waals surface area contributed by atoms with E-state index in [0.717, 1.165) is 6.08 Å². The van der Waals surface area contributed by atoms with E-state index in [-0.39, 0.29) is 0 Å². The zero-order valence-corrected chi connectivity index (χ0v) is 11.5. The van der Waals surface area contributed by atoms with E-state index in [9.17, 15) is 9.18 Å².